The van der Waals surface area contributed by atoms with Crippen molar-refractivity contribution in [2.75, 3.05) is 11.9 Å². The first-order chi connectivity index (χ1) is 9.08. The molecule has 0 bridgehead atoms. The Morgan fingerprint density at radius 2 is 2.00 bits per heavy atom. The van der Waals surface area contributed by atoms with Crippen LogP contribution in [-0.2, 0) is 0 Å². The molecule has 0 radical (unpaired) electrons. The van der Waals surface area contributed by atoms with Crippen LogP contribution in [-0.4, -0.2) is 11.7 Å². The zero-order valence-corrected chi connectivity index (χ0v) is 12.1. The Morgan fingerprint density at radius 3 is 2.74 bits per heavy atom. The predicted molar refractivity (Wildman–Crippen MR) is 78.7 cm³/mol. The summed E-state index contributed by atoms with van der Waals surface area (Å²) in [5.74, 6) is -0.338. The second-order valence-corrected chi connectivity index (χ2v) is 5.22. The average Bonchev–Trinajstić information content (AvgIpc) is 2.40. The monoisotopic (exact) mass is 323 g/mol. The van der Waals surface area contributed by atoms with Crippen LogP contribution in [0.3, 0.4) is 0 Å². The maximum absolute atomic E-state index is 13.1. The molecule has 1 unspecified atom stereocenters. The molecule has 0 spiro atoms. The van der Waals surface area contributed by atoms with Gasteiger partial charge < -0.3 is 10.4 Å². The molecule has 2 aromatic rings. The molecule has 2 nitrogen and oxygen atoms in total. The molecular formula is C15H15BrFNO. The molecule has 0 fully saturated rings. The predicted octanol–water partition coefficient (Wildman–Crippen LogP) is 4.04. The minimum atomic E-state index is -0.742. The summed E-state index contributed by atoms with van der Waals surface area (Å²) < 4.78 is 14.1. The normalized spacial score (nSPS) is 12.2. The van der Waals surface area contributed by atoms with Gasteiger partial charge in [0.15, 0.2) is 0 Å². The second kappa shape index (κ2) is 6.17. The van der Waals surface area contributed by atoms with Gasteiger partial charge in [-0.05, 0) is 42.3 Å². The first-order valence-corrected chi connectivity index (χ1v) is 6.80. The standard InChI is InChI=1S/C15H15BrFNO/c1-10-13(16)6-3-7-14(10)18-9-15(19)11-4-2-5-12(17)8-11/h2-8,15,18-19H,9H2,1H3. The largest absolute Gasteiger partial charge is 0.387 e. The van der Waals surface area contributed by atoms with Crippen molar-refractivity contribution in [2.45, 2.75) is 13.0 Å². The minimum absolute atomic E-state index is 0.334. The summed E-state index contributed by atoms with van der Waals surface area (Å²) in [5, 5.41) is 13.2. The maximum atomic E-state index is 13.1. The zero-order valence-electron chi connectivity index (χ0n) is 10.5. The number of halogens is 2. The molecule has 1 atom stereocenters. The summed E-state index contributed by atoms with van der Waals surface area (Å²) in [5.41, 5.74) is 2.60. The summed E-state index contributed by atoms with van der Waals surface area (Å²) in [4.78, 5) is 0. The number of benzene rings is 2. The lowest BCUT2D eigenvalue weighted by atomic mass is 10.1. The summed E-state index contributed by atoms with van der Waals surface area (Å²) >= 11 is 3.46. The van der Waals surface area contributed by atoms with Gasteiger partial charge >= 0.3 is 0 Å². The van der Waals surface area contributed by atoms with Crippen molar-refractivity contribution in [3.63, 3.8) is 0 Å². The number of aliphatic hydroxyl groups excluding tert-OH is 1. The van der Waals surface area contributed by atoms with Crippen LogP contribution < -0.4 is 5.32 Å². The van der Waals surface area contributed by atoms with E-state index in [9.17, 15) is 9.50 Å². The van der Waals surface area contributed by atoms with Crippen molar-refractivity contribution in [3.8, 4) is 0 Å². The Labute approximate surface area is 120 Å². The topological polar surface area (TPSA) is 32.3 Å². The molecule has 2 aromatic carbocycles. The molecule has 0 saturated carbocycles. The van der Waals surface area contributed by atoms with Crippen molar-refractivity contribution in [1.29, 1.82) is 0 Å². The van der Waals surface area contributed by atoms with Crippen molar-refractivity contribution < 1.29 is 9.50 Å². The van der Waals surface area contributed by atoms with Gasteiger partial charge in [0.25, 0.3) is 0 Å². The summed E-state index contributed by atoms with van der Waals surface area (Å²) in [6.07, 6.45) is -0.742. The van der Waals surface area contributed by atoms with Gasteiger partial charge in [-0.3, -0.25) is 0 Å². The van der Waals surface area contributed by atoms with E-state index in [1.54, 1.807) is 12.1 Å². The highest BCUT2D eigenvalue weighted by molar-refractivity contribution is 9.10. The third kappa shape index (κ3) is 3.55. The third-order valence-electron chi connectivity index (χ3n) is 2.99. The van der Waals surface area contributed by atoms with Crippen molar-refractivity contribution in [2.24, 2.45) is 0 Å². The maximum Gasteiger partial charge on any atom is 0.123 e. The number of rotatable bonds is 4. The van der Waals surface area contributed by atoms with Crippen LogP contribution in [0.2, 0.25) is 0 Å². The number of aliphatic hydroxyl groups is 1. The molecule has 0 heterocycles. The quantitative estimate of drug-likeness (QED) is 0.889. The molecule has 0 aliphatic rings. The lowest BCUT2D eigenvalue weighted by Crippen LogP contribution is -2.13. The van der Waals surface area contributed by atoms with E-state index in [2.05, 4.69) is 21.2 Å². The molecule has 0 aliphatic carbocycles. The number of hydrogen-bond donors (Lipinski definition) is 2. The van der Waals surface area contributed by atoms with Gasteiger partial charge in [0.05, 0.1) is 6.10 Å². The Kier molecular flexibility index (Phi) is 4.56. The van der Waals surface area contributed by atoms with Crippen LogP contribution in [0.25, 0.3) is 0 Å². The fourth-order valence-corrected chi connectivity index (χ4v) is 2.20. The van der Waals surface area contributed by atoms with Crippen LogP contribution in [0, 0.1) is 12.7 Å². The van der Waals surface area contributed by atoms with E-state index >= 15 is 0 Å². The molecule has 2 N–H and O–H groups in total. The van der Waals surface area contributed by atoms with E-state index in [4.69, 9.17) is 0 Å². The minimum Gasteiger partial charge on any atom is -0.387 e. The Hall–Kier alpha value is -1.39. The smallest absolute Gasteiger partial charge is 0.123 e. The summed E-state index contributed by atoms with van der Waals surface area (Å²) in [6.45, 7) is 2.32. The highest BCUT2D eigenvalue weighted by atomic mass is 79.9. The van der Waals surface area contributed by atoms with Gasteiger partial charge in [0, 0.05) is 16.7 Å². The van der Waals surface area contributed by atoms with Gasteiger partial charge in [-0.1, -0.05) is 34.1 Å². The number of anilines is 1. The third-order valence-corrected chi connectivity index (χ3v) is 3.85. The van der Waals surface area contributed by atoms with Crippen molar-refractivity contribution in [1.82, 2.24) is 0 Å². The van der Waals surface area contributed by atoms with Crippen LogP contribution >= 0.6 is 15.9 Å². The van der Waals surface area contributed by atoms with Gasteiger partial charge in [0.1, 0.15) is 5.82 Å². The molecule has 2 rings (SSSR count). The molecule has 19 heavy (non-hydrogen) atoms. The molecule has 0 aromatic heterocycles. The first kappa shape index (κ1) is 14.0. The highest BCUT2D eigenvalue weighted by Gasteiger charge is 2.09. The van der Waals surface area contributed by atoms with Crippen LogP contribution in [0.5, 0.6) is 0 Å². The summed E-state index contributed by atoms with van der Waals surface area (Å²) in [7, 11) is 0. The molecule has 100 valence electrons. The Balaban J connectivity index is 2.04. The molecule has 0 aliphatic heterocycles. The molecule has 0 saturated heterocycles. The van der Waals surface area contributed by atoms with Gasteiger partial charge in [-0.2, -0.15) is 0 Å². The van der Waals surface area contributed by atoms with Crippen LogP contribution in [0.4, 0.5) is 10.1 Å². The second-order valence-electron chi connectivity index (χ2n) is 4.36. The molecular weight excluding hydrogens is 309 g/mol. The summed E-state index contributed by atoms with van der Waals surface area (Å²) in [6, 6.07) is 11.8. The molecule has 4 heteroatoms. The van der Waals surface area contributed by atoms with E-state index in [0.29, 0.717) is 12.1 Å². The highest BCUT2D eigenvalue weighted by Crippen LogP contribution is 2.24. The Bertz CT molecular complexity index is 574. The fourth-order valence-electron chi connectivity index (χ4n) is 1.84. The lowest BCUT2D eigenvalue weighted by Gasteiger charge is -2.15. The van der Waals surface area contributed by atoms with Crippen molar-refractivity contribution >= 4 is 21.6 Å². The fraction of sp³-hybridized carbons (Fsp3) is 0.200. The van der Waals surface area contributed by atoms with Crippen LogP contribution in [0.1, 0.15) is 17.2 Å². The zero-order chi connectivity index (χ0) is 13.8. The van der Waals surface area contributed by atoms with Gasteiger partial charge in [0.2, 0.25) is 0 Å². The lowest BCUT2D eigenvalue weighted by molar-refractivity contribution is 0.191. The van der Waals surface area contributed by atoms with Gasteiger partial charge in [-0.25, -0.2) is 4.39 Å². The first-order valence-electron chi connectivity index (χ1n) is 6.00. The molecule has 0 amide bonds. The van der Waals surface area contributed by atoms with Crippen molar-refractivity contribution in [3.05, 3.63) is 63.9 Å². The average molecular weight is 324 g/mol. The Morgan fingerprint density at radius 1 is 1.26 bits per heavy atom. The van der Waals surface area contributed by atoms with E-state index in [0.717, 1.165) is 15.7 Å². The van der Waals surface area contributed by atoms with E-state index in [1.807, 2.05) is 25.1 Å². The van der Waals surface area contributed by atoms with E-state index in [-0.39, 0.29) is 5.82 Å². The van der Waals surface area contributed by atoms with E-state index in [1.165, 1.54) is 12.1 Å². The van der Waals surface area contributed by atoms with E-state index < -0.39 is 6.10 Å². The number of nitrogens with one attached hydrogen (secondary N) is 1. The number of hydrogen-bond acceptors (Lipinski definition) is 2. The SMILES string of the molecule is Cc1c(Br)cccc1NCC(O)c1cccc(F)c1. The van der Waals surface area contributed by atoms with Crippen LogP contribution in [0.15, 0.2) is 46.9 Å². The van der Waals surface area contributed by atoms with Gasteiger partial charge in [-0.15, -0.1) is 0 Å².